The number of carbonyl (C=O) groups is 1. The highest BCUT2D eigenvalue weighted by molar-refractivity contribution is 7.91. The van der Waals surface area contributed by atoms with Crippen molar-refractivity contribution in [2.45, 2.75) is 16.7 Å². The van der Waals surface area contributed by atoms with Crippen LogP contribution in [0.5, 0.6) is 0 Å². The minimum Gasteiger partial charge on any atom is -0.468 e. The van der Waals surface area contributed by atoms with E-state index in [1.807, 2.05) is 19.0 Å². The quantitative estimate of drug-likeness (QED) is 0.807. The monoisotopic (exact) mass is 372 g/mol. The largest absolute Gasteiger partial charge is 0.468 e. The lowest BCUT2D eigenvalue weighted by Gasteiger charge is -2.22. The fraction of sp³-hybridized carbons (Fsp3) is 0.312. The Kier molecular flexibility index (Phi) is 5.91. The molecule has 6 nitrogen and oxygen atoms in total. The molecule has 0 unspecified atom stereocenters. The number of nitrogens with one attached hydrogen (secondary N) is 1. The highest BCUT2D eigenvalue weighted by Gasteiger charge is 2.26. The summed E-state index contributed by atoms with van der Waals surface area (Å²) in [6.07, 6.45) is 1.54. The molecule has 9 heteroatoms. The van der Waals surface area contributed by atoms with Gasteiger partial charge in [0.15, 0.2) is 0 Å². The van der Waals surface area contributed by atoms with Crippen LogP contribution in [0.3, 0.4) is 0 Å². The summed E-state index contributed by atoms with van der Waals surface area (Å²) in [6.45, 7) is 0.260. The summed E-state index contributed by atoms with van der Waals surface area (Å²) >= 11 is 0. The number of likely N-dealkylation sites (N-methyl/N-ethyl adjacent to an activating group) is 1. The van der Waals surface area contributed by atoms with Crippen LogP contribution in [0.2, 0.25) is 0 Å². The minimum absolute atomic E-state index is 0.171. The van der Waals surface area contributed by atoms with E-state index in [4.69, 9.17) is 4.42 Å². The van der Waals surface area contributed by atoms with Crippen molar-refractivity contribution in [3.8, 4) is 0 Å². The summed E-state index contributed by atoms with van der Waals surface area (Å²) < 4.78 is 53.1. The van der Waals surface area contributed by atoms with Gasteiger partial charge in [0, 0.05) is 12.1 Å². The summed E-state index contributed by atoms with van der Waals surface area (Å²) in [7, 11) is -0.997. The van der Waals surface area contributed by atoms with Gasteiger partial charge in [-0.2, -0.15) is 8.78 Å². The van der Waals surface area contributed by atoms with E-state index in [1.165, 1.54) is 18.4 Å². The van der Waals surface area contributed by atoms with E-state index < -0.39 is 26.4 Å². The first-order chi connectivity index (χ1) is 11.7. The van der Waals surface area contributed by atoms with Crippen molar-refractivity contribution in [2.24, 2.45) is 0 Å². The SMILES string of the molecule is CN(C)[C@H](CNC(=O)c1ccc(S(=O)(=O)C(F)F)cc1)c1ccco1. The smallest absolute Gasteiger partial charge is 0.341 e. The van der Waals surface area contributed by atoms with E-state index in [1.54, 1.807) is 12.1 Å². The molecular weight excluding hydrogens is 354 g/mol. The van der Waals surface area contributed by atoms with Gasteiger partial charge < -0.3 is 9.73 Å². The van der Waals surface area contributed by atoms with Gasteiger partial charge in [0.25, 0.3) is 5.91 Å². The molecule has 1 atom stereocenters. The normalized spacial score (nSPS) is 13.2. The van der Waals surface area contributed by atoms with Crippen LogP contribution in [0.4, 0.5) is 8.78 Å². The summed E-state index contributed by atoms with van der Waals surface area (Å²) in [5.74, 6) is -3.26. The molecule has 0 bridgehead atoms. The first-order valence-electron chi connectivity index (χ1n) is 7.33. The second kappa shape index (κ2) is 7.75. The van der Waals surface area contributed by atoms with E-state index in [0.29, 0.717) is 5.76 Å². The van der Waals surface area contributed by atoms with Crippen molar-refractivity contribution < 1.29 is 26.4 Å². The molecule has 1 aromatic heterocycles. The molecule has 0 aliphatic carbocycles. The molecular formula is C16H18F2N2O4S. The topological polar surface area (TPSA) is 79.6 Å². The average Bonchev–Trinajstić information content (AvgIpc) is 3.08. The molecule has 0 spiro atoms. The van der Waals surface area contributed by atoms with Crippen LogP contribution in [-0.4, -0.2) is 45.6 Å². The van der Waals surface area contributed by atoms with Crippen molar-refractivity contribution in [1.82, 2.24) is 10.2 Å². The maximum atomic E-state index is 12.5. The van der Waals surface area contributed by atoms with Crippen molar-refractivity contribution >= 4 is 15.7 Å². The van der Waals surface area contributed by atoms with Crippen LogP contribution in [-0.2, 0) is 9.84 Å². The zero-order chi connectivity index (χ0) is 18.6. The molecule has 1 N–H and O–H groups in total. The lowest BCUT2D eigenvalue weighted by atomic mass is 10.2. The highest BCUT2D eigenvalue weighted by Crippen LogP contribution is 2.20. The number of hydrogen-bond acceptors (Lipinski definition) is 5. The third-order valence-electron chi connectivity index (χ3n) is 3.63. The number of alkyl halides is 2. The number of benzene rings is 1. The van der Waals surface area contributed by atoms with E-state index in [0.717, 1.165) is 12.1 Å². The Morgan fingerprint density at radius 3 is 2.32 bits per heavy atom. The van der Waals surface area contributed by atoms with Crippen molar-refractivity contribution in [2.75, 3.05) is 20.6 Å². The second-order valence-corrected chi connectivity index (χ2v) is 7.45. The summed E-state index contributed by atoms with van der Waals surface area (Å²) in [6, 6.07) is 7.73. The number of furan rings is 1. The Morgan fingerprint density at radius 2 is 1.84 bits per heavy atom. The second-order valence-electron chi connectivity index (χ2n) is 5.53. The van der Waals surface area contributed by atoms with Gasteiger partial charge in [0.1, 0.15) is 5.76 Å². The van der Waals surface area contributed by atoms with Crippen LogP contribution < -0.4 is 5.32 Å². The number of sulfone groups is 1. The summed E-state index contributed by atoms with van der Waals surface area (Å²) in [4.78, 5) is 13.5. The fourth-order valence-electron chi connectivity index (χ4n) is 2.21. The molecule has 0 radical (unpaired) electrons. The lowest BCUT2D eigenvalue weighted by Crippen LogP contribution is -2.34. The van der Waals surface area contributed by atoms with Gasteiger partial charge in [-0.1, -0.05) is 0 Å². The predicted octanol–water partition coefficient (Wildman–Crippen LogP) is 2.31. The molecule has 0 saturated heterocycles. The van der Waals surface area contributed by atoms with Crippen molar-refractivity contribution in [1.29, 1.82) is 0 Å². The Balaban J connectivity index is 2.06. The zero-order valence-electron chi connectivity index (χ0n) is 13.6. The number of carbonyl (C=O) groups excluding carboxylic acids is 1. The van der Waals surface area contributed by atoms with Crippen LogP contribution in [0.25, 0.3) is 0 Å². The standard InChI is InChI=1S/C16H18F2N2O4S/c1-20(2)13(14-4-3-9-24-14)10-19-15(21)11-5-7-12(8-6-11)25(22,23)16(17)18/h3-9,13,16H,10H2,1-2H3,(H,19,21)/t13-/m1/s1. The van der Waals surface area contributed by atoms with Gasteiger partial charge in [-0.15, -0.1) is 0 Å². The molecule has 2 rings (SSSR count). The maximum absolute atomic E-state index is 12.5. The number of nitrogens with zero attached hydrogens (tertiary/aromatic N) is 1. The number of hydrogen-bond donors (Lipinski definition) is 1. The van der Waals surface area contributed by atoms with Crippen LogP contribution in [0.1, 0.15) is 22.2 Å². The molecule has 0 saturated carbocycles. The molecule has 0 fully saturated rings. The Bertz CT molecular complexity index is 803. The molecule has 0 aliphatic rings. The van der Waals surface area contributed by atoms with Gasteiger partial charge in [-0.05, 0) is 50.5 Å². The number of rotatable bonds is 7. The van der Waals surface area contributed by atoms with Gasteiger partial charge in [0.05, 0.1) is 17.2 Å². The molecule has 0 aliphatic heterocycles. The van der Waals surface area contributed by atoms with Crippen LogP contribution >= 0.6 is 0 Å². The van der Waals surface area contributed by atoms with E-state index in [9.17, 15) is 22.0 Å². The van der Waals surface area contributed by atoms with Gasteiger partial charge in [0.2, 0.25) is 9.84 Å². The van der Waals surface area contributed by atoms with Gasteiger partial charge in [-0.25, -0.2) is 8.42 Å². The molecule has 1 amide bonds. The molecule has 1 heterocycles. The molecule has 2 aromatic rings. The van der Waals surface area contributed by atoms with Crippen LogP contribution in [0.15, 0.2) is 52.0 Å². The average molecular weight is 372 g/mol. The predicted molar refractivity (Wildman–Crippen MR) is 87.1 cm³/mol. The van der Waals surface area contributed by atoms with E-state index >= 15 is 0 Å². The van der Waals surface area contributed by atoms with Gasteiger partial charge in [-0.3, -0.25) is 9.69 Å². The van der Waals surface area contributed by atoms with Crippen molar-refractivity contribution in [3.05, 3.63) is 54.0 Å². The van der Waals surface area contributed by atoms with Crippen LogP contribution in [0, 0.1) is 0 Å². The lowest BCUT2D eigenvalue weighted by molar-refractivity contribution is 0.0939. The third-order valence-corrected chi connectivity index (χ3v) is 5.03. The van der Waals surface area contributed by atoms with Gasteiger partial charge >= 0.3 is 5.76 Å². The first-order valence-corrected chi connectivity index (χ1v) is 8.88. The van der Waals surface area contributed by atoms with E-state index in [2.05, 4.69) is 5.32 Å². The Labute approximate surface area is 144 Å². The molecule has 25 heavy (non-hydrogen) atoms. The van der Waals surface area contributed by atoms with Crippen molar-refractivity contribution in [3.63, 3.8) is 0 Å². The first kappa shape index (κ1) is 19.1. The fourth-order valence-corrected chi connectivity index (χ4v) is 2.93. The Hall–Kier alpha value is -2.26. The third kappa shape index (κ3) is 4.43. The Morgan fingerprint density at radius 1 is 1.20 bits per heavy atom. The molecule has 136 valence electrons. The number of halogens is 2. The summed E-state index contributed by atoms with van der Waals surface area (Å²) in [5.41, 5.74) is 0.171. The molecule has 1 aromatic carbocycles. The minimum atomic E-state index is -4.67. The maximum Gasteiger partial charge on any atom is 0.341 e. The van der Waals surface area contributed by atoms with E-state index in [-0.39, 0.29) is 18.2 Å². The zero-order valence-corrected chi connectivity index (χ0v) is 14.5. The highest BCUT2D eigenvalue weighted by atomic mass is 32.2. The number of amides is 1. The summed E-state index contributed by atoms with van der Waals surface area (Å²) in [5, 5.41) is 2.71.